The van der Waals surface area contributed by atoms with Gasteiger partial charge in [0.05, 0.1) is 17.3 Å². The summed E-state index contributed by atoms with van der Waals surface area (Å²) in [5.74, 6) is 0. The monoisotopic (exact) mass is 242 g/mol. The lowest BCUT2D eigenvalue weighted by Gasteiger charge is -2.21. The lowest BCUT2D eigenvalue weighted by molar-refractivity contribution is 0.206. The van der Waals surface area contributed by atoms with Gasteiger partial charge in [-0.25, -0.2) is 0 Å². The minimum Gasteiger partial charge on any atom is -0.383 e. The van der Waals surface area contributed by atoms with E-state index in [4.69, 9.17) is 22.1 Å². The maximum atomic E-state index is 6.21. The van der Waals surface area contributed by atoms with Crippen LogP contribution in [0.4, 0.5) is 5.69 Å². The van der Waals surface area contributed by atoms with E-state index in [1.807, 2.05) is 32.2 Å². The topological polar surface area (TPSA) is 38.5 Å². The van der Waals surface area contributed by atoms with Gasteiger partial charge in [-0.05, 0) is 24.6 Å². The average molecular weight is 243 g/mol. The Kier molecular flexibility index (Phi) is 5.06. The molecule has 2 N–H and O–H groups in total. The number of hydrogen-bond acceptors (Lipinski definition) is 3. The molecular formula is C12H19ClN2O. The van der Waals surface area contributed by atoms with Crippen molar-refractivity contribution in [2.45, 2.75) is 13.0 Å². The third kappa shape index (κ3) is 3.37. The highest BCUT2D eigenvalue weighted by atomic mass is 35.5. The van der Waals surface area contributed by atoms with E-state index in [-0.39, 0.29) is 6.04 Å². The minimum absolute atomic E-state index is 0.0100. The van der Waals surface area contributed by atoms with E-state index in [0.29, 0.717) is 6.61 Å². The van der Waals surface area contributed by atoms with Gasteiger partial charge in [-0.15, -0.1) is 0 Å². The normalized spacial score (nSPS) is 12.6. The van der Waals surface area contributed by atoms with Gasteiger partial charge in [0, 0.05) is 26.7 Å². The van der Waals surface area contributed by atoms with Crippen molar-refractivity contribution in [1.82, 2.24) is 0 Å². The molecule has 0 aliphatic carbocycles. The first kappa shape index (κ1) is 13.3. The van der Waals surface area contributed by atoms with Crippen LogP contribution in [0.2, 0.25) is 5.02 Å². The molecule has 0 fully saturated rings. The van der Waals surface area contributed by atoms with Gasteiger partial charge in [-0.2, -0.15) is 0 Å². The van der Waals surface area contributed by atoms with Crippen molar-refractivity contribution >= 4 is 17.3 Å². The second-order valence-electron chi connectivity index (χ2n) is 3.91. The third-order valence-corrected chi connectivity index (χ3v) is 2.84. The summed E-state index contributed by atoms with van der Waals surface area (Å²) < 4.78 is 5.03. The van der Waals surface area contributed by atoms with Gasteiger partial charge in [0.25, 0.3) is 0 Å². The maximum absolute atomic E-state index is 6.21. The highest BCUT2D eigenvalue weighted by molar-refractivity contribution is 6.33. The number of halogens is 1. The third-order valence-electron chi connectivity index (χ3n) is 2.54. The highest BCUT2D eigenvalue weighted by Gasteiger charge is 2.08. The van der Waals surface area contributed by atoms with E-state index in [0.717, 1.165) is 22.8 Å². The fourth-order valence-corrected chi connectivity index (χ4v) is 1.80. The first-order valence-electron chi connectivity index (χ1n) is 5.31. The van der Waals surface area contributed by atoms with Crippen LogP contribution in [0.1, 0.15) is 18.5 Å². The number of nitrogens with two attached hydrogens (primary N) is 1. The molecule has 1 atom stereocenters. The first-order valence-corrected chi connectivity index (χ1v) is 5.69. The highest BCUT2D eigenvalue weighted by Crippen LogP contribution is 2.27. The smallest absolute Gasteiger partial charge is 0.0642 e. The molecule has 4 heteroatoms. The SMILES string of the molecule is COCCN(C)c1ccc([C@H](C)N)cc1Cl. The van der Waals surface area contributed by atoms with Gasteiger partial charge in [-0.1, -0.05) is 17.7 Å². The zero-order valence-electron chi connectivity index (χ0n) is 10.0. The van der Waals surface area contributed by atoms with Crippen LogP contribution in [0.5, 0.6) is 0 Å². The summed E-state index contributed by atoms with van der Waals surface area (Å²) in [5, 5.41) is 0.730. The number of hydrogen-bond donors (Lipinski definition) is 1. The van der Waals surface area contributed by atoms with Crippen LogP contribution in [0.3, 0.4) is 0 Å². The summed E-state index contributed by atoms with van der Waals surface area (Å²) in [4.78, 5) is 2.07. The summed E-state index contributed by atoms with van der Waals surface area (Å²) in [5.41, 5.74) is 7.85. The molecule has 0 aliphatic rings. The van der Waals surface area contributed by atoms with Gasteiger partial charge in [0.1, 0.15) is 0 Å². The van der Waals surface area contributed by atoms with Crippen molar-refractivity contribution in [3.05, 3.63) is 28.8 Å². The Balaban J connectivity index is 2.81. The minimum atomic E-state index is 0.0100. The average Bonchev–Trinajstić information content (AvgIpc) is 2.25. The summed E-state index contributed by atoms with van der Waals surface area (Å²) in [6, 6.07) is 5.94. The predicted octanol–water partition coefficient (Wildman–Crippen LogP) is 2.44. The summed E-state index contributed by atoms with van der Waals surface area (Å²) in [6.07, 6.45) is 0. The molecule has 1 aromatic carbocycles. The molecule has 0 bridgehead atoms. The predicted molar refractivity (Wildman–Crippen MR) is 69.2 cm³/mol. The second kappa shape index (κ2) is 6.09. The van der Waals surface area contributed by atoms with Crippen LogP contribution < -0.4 is 10.6 Å². The van der Waals surface area contributed by atoms with Gasteiger partial charge in [0.2, 0.25) is 0 Å². The molecule has 1 aromatic rings. The first-order chi connectivity index (χ1) is 7.56. The molecule has 0 aliphatic heterocycles. The number of likely N-dealkylation sites (N-methyl/N-ethyl adjacent to an activating group) is 1. The van der Waals surface area contributed by atoms with Gasteiger partial charge >= 0.3 is 0 Å². The Labute approximate surface area is 102 Å². The van der Waals surface area contributed by atoms with Gasteiger partial charge in [-0.3, -0.25) is 0 Å². The molecule has 0 spiro atoms. The van der Waals surface area contributed by atoms with Crippen molar-refractivity contribution in [2.24, 2.45) is 5.73 Å². The van der Waals surface area contributed by atoms with Crippen LogP contribution in [-0.4, -0.2) is 27.3 Å². The Morgan fingerprint density at radius 3 is 2.69 bits per heavy atom. The van der Waals surface area contributed by atoms with Crippen molar-refractivity contribution in [1.29, 1.82) is 0 Å². The van der Waals surface area contributed by atoms with E-state index < -0.39 is 0 Å². The number of rotatable bonds is 5. The number of anilines is 1. The molecule has 0 radical (unpaired) electrons. The molecule has 0 saturated carbocycles. The zero-order valence-corrected chi connectivity index (χ0v) is 10.8. The quantitative estimate of drug-likeness (QED) is 0.862. The molecule has 16 heavy (non-hydrogen) atoms. The Morgan fingerprint density at radius 1 is 1.50 bits per heavy atom. The van der Waals surface area contributed by atoms with E-state index in [2.05, 4.69) is 4.90 Å². The van der Waals surface area contributed by atoms with Crippen molar-refractivity contribution in [3.8, 4) is 0 Å². The fourth-order valence-electron chi connectivity index (χ4n) is 1.46. The van der Waals surface area contributed by atoms with Crippen molar-refractivity contribution in [3.63, 3.8) is 0 Å². The molecule has 0 aromatic heterocycles. The summed E-state index contributed by atoms with van der Waals surface area (Å²) in [6.45, 7) is 3.44. The molecule has 0 heterocycles. The molecule has 0 unspecified atom stereocenters. The molecule has 3 nitrogen and oxygen atoms in total. The standard InChI is InChI=1S/C12H19ClN2O/c1-9(14)10-4-5-12(11(13)8-10)15(2)6-7-16-3/h4-5,8-9H,6-7,14H2,1-3H3/t9-/m0/s1. The van der Waals surface area contributed by atoms with Crippen LogP contribution in [0.15, 0.2) is 18.2 Å². The number of nitrogens with zero attached hydrogens (tertiary/aromatic N) is 1. The second-order valence-corrected chi connectivity index (χ2v) is 4.32. The van der Waals surface area contributed by atoms with Crippen LogP contribution >= 0.6 is 11.6 Å². The van der Waals surface area contributed by atoms with E-state index in [1.54, 1.807) is 7.11 Å². The van der Waals surface area contributed by atoms with Crippen molar-refractivity contribution < 1.29 is 4.74 Å². The van der Waals surface area contributed by atoms with E-state index >= 15 is 0 Å². The number of benzene rings is 1. The van der Waals surface area contributed by atoms with E-state index in [1.165, 1.54) is 0 Å². The largest absolute Gasteiger partial charge is 0.383 e. The number of methoxy groups -OCH3 is 1. The van der Waals surface area contributed by atoms with Crippen LogP contribution in [-0.2, 0) is 4.74 Å². The molecule has 1 rings (SSSR count). The fraction of sp³-hybridized carbons (Fsp3) is 0.500. The van der Waals surface area contributed by atoms with E-state index in [9.17, 15) is 0 Å². The number of ether oxygens (including phenoxy) is 1. The lowest BCUT2D eigenvalue weighted by atomic mass is 10.1. The van der Waals surface area contributed by atoms with Gasteiger partial charge < -0.3 is 15.4 Å². The molecule has 90 valence electrons. The zero-order chi connectivity index (χ0) is 12.1. The molecule has 0 amide bonds. The maximum Gasteiger partial charge on any atom is 0.0642 e. The Hall–Kier alpha value is -0.770. The Morgan fingerprint density at radius 2 is 2.19 bits per heavy atom. The Bertz CT molecular complexity index is 342. The summed E-state index contributed by atoms with van der Waals surface area (Å²) >= 11 is 6.21. The lowest BCUT2D eigenvalue weighted by Crippen LogP contribution is -2.22. The molecular weight excluding hydrogens is 224 g/mol. The van der Waals surface area contributed by atoms with Crippen molar-refractivity contribution in [2.75, 3.05) is 32.2 Å². The van der Waals surface area contributed by atoms with Crippen LogP contribution in [0, 0.1) is 0 Å². The van der Waals surface area contributed by atoms with Gasteiger partial charge in [0.15, 0.2) is 0 Å². The molecule has 0 saturated heterocycles. The van der Waals surface area contributed by atoms with Crippen LogP contribution in [0.25, 0.3) is 0 Å². The summed E-state index contributed by atoms with van der Waals surface area (Å²) in [7, 11) is 3.68.